The van der Waals surface area contributed by atoms with E-state index in [4.69, 9.17) is 4.74 Å². The number of hydrogen-bond donors (Lipinski definition) is 1. The minimum absolute atomic E-state index is 0.307. The molecule has 2 aromatic carbocycles. The summed E-state index contributed by atoms with van der Waals surface area (Å²) in [6, 6.07) is 19.3. The normalized spacial score (nSPS) is 13.8. The zero-order valence-electron chi connectivity index (χ0n) is 11.8. The van der Waals surface area contributed by atoms with E-state index in [2.05, 4.69) is 55.6 Å². The van der Waals surface area contributed by atoms with Crippen LogP contribution in [0.1, 0.15) is 37.1 Å². The number of hydrogen-bond acceptors (Lipinski definition) is 2. The molecule has 0 aliphatic rings. The zero-order chi connectivity index (χ0) is 13.7. The van der Waals surface area contributed by atoms with Crippen molar-refractivity contribution in [1.82, 2.24) is 5.32 Å². The van der Waals surface area contributed by atoms with E-state index in [1.165, 1.54) is 11.1 Å². The third-order valence-corrected chi connectivity index (χ3v) is 3.42. The van der Waals surface area contributed by atoms with Crippen molar-refractivity contribution in [3.63, 3.8) is 0 Å². The van der Waals surface area contributed by atoms with Crippen molar-refractivity contribution in [3.05, 3.63) is 65.7 Å². The summed E-state index contributed by atoms with van der Waals surface area (Å²) < 4.78 is 5.18. The number of rotatable bonds is 5. The van der Waals surface area contributed by atoms with E-state index in [-0.39, 0.29) is 0 Å². The van der Waals surface area contributed by atoms with E-state index in [0.717, 1.165) is 5.75 Å². The van der Waals surface area contributed by atoms with Gasteiger partial charge in [-0.3, -0.25) is 0 Å². The summed E-state index contributed by atoms with van der Waals surface area (Å²) in [5, 5.41) is 3.61. The first-order valence-electron chi connectivity index (χ1n) is 6.65. The SMILES string of the molecule is COc1ccc([C@@H](C)N[C@H](C)c2ccccc2)cc1. The molecule has 2 atom stereocenters. The maximum absolute atomic E-state index is 5.18. The maximum Gasteiger partial charge on any atom is 0.118 e. The van der Waals surface area contributed by atoms with Crippen molar-refractivity contribution in [2.75, 3.05) is 7.11 Å². The van der Waals surface area contributed by atoms with Gasteiger partial charge in [-0.2, -0.15) is 0 Å². The second kappa shape index (κ2) is 6.39. The summed E-state index contributed by atoms with van der Waals surface area (Å²) in [5.74, 6) is 0.895. The van der Waals surface area contributed by atoms with Crippen molar-refractivity contribution in [2.45, 2.75) is 25.9 Å². The lowest BCUT2D eigenvalue weighted by Crippen LogP contribution is -2.22. The van der Waals surface area contributed by atoms with Crippen LogP contribution < -0.4 is 10.1 Å². The summed E-state index contributed by atoms with van der Waals surface area (Å²) in [6.45, 7) is 4.37. The predicted octanol–water partition coefficient (Wildman–Crippen LogP) is 4.11. The van der Waals surface area contributed by atoms with Crippen molar-refractivity contribution in [2.24, 2.45) is 0 Å². The Morgan fingerprint density at radius 3 is 1.84 bits per heavy atom. The van der Waals surface area contributed by atoms with Gasteiger partial charge in [-0.1, -0.05) is 42.5 Å². The monoisotopic (exact) mass is 255 g/mol. The average molecular weight is 255 g/mol. The van der Waals surface area contributed by atoms with E-state index < -0.39 is 0 Å². The zero-order valence-corrected chi connectivity index (χ0v) is 11.8. The fourth-order valence-electron chi connectivity index (χ4n) is 2.20. The first-order chi connectivity index (χ1) is 9.20. The van der Waals surface area contributed by atoms with Crippen molar-refractivity contribution >= 4 is 0 Å². The molecule has 0 amide bonds. The molecule has 100 valence electrons. The molecule has 0 saturated heterocycles. The molecule has 0 spiro atoms. The first kappa shape index (κ1) is 13.6. The van der Waals surface area contributed by atoms with Crippen LogP contribution in [-0.2, 0) is 0 Å². The van der Waals surface area contributed by atoms with Crippen molar-refractivity contribution in [3.8, 4) is 5.75 Å². The molecule has 19 heavy (non-hydrogen) atoms. The highest BCUT2D eigenvalue weighted by Crippen LogP contribution is 2.21. The van der Waals surface area contributed by atoms with E-state index in [9.17, 15) is 0 Å². The molecule has 0 unspecified atom stereocenters. The molecule has 0 aliphatic carbocycles. The van der Waals surface area contributed by atoms with E-state index in [1.54, 1.807) is 7.11 Å². The van der Waals surface area contributed by atoms with Gasteiger partial charge in [0, 0.05) is 12.1 Å². The third-order valence-electron chi connectivity index (χ3n) is 3.42. The Morgan fingerprint density at radius 2 is 1.32 bits per heavy atom. The van der Waals surface area contributed by atoms with Crippen molar-refractivity contribution in [1.29, 1.82) is 0 Å². The van der Waals surface area contributed by atoms with E-state index in [0.29, 0.717) is 12.1 Å². The van der Waals surface area contributed by atoms with Gasteiger partial charge in [0.2, 0.25) is 0 Å². The largest absolute Gasteiger partial charge is 0.497 e. The Hall–Kier alpha value is -1.80. The highest BCUT2D eigenvalue weighted by molar-refractivity contribution is 5.29. The van der Waals surface area contributed by atoms with Crippen LogP contribution in [0, 0.1) is 0 Å². The number of methoxy groups -OCH3 is 1. The first-order valence-corrected chi connectivity index (χ1v) is 6.65. The molecular formula is C17H21NO. The van der Waals surface area contributed by atoms with Crippen LogP contribution in [0.2, 0.25) is 0 Å². The summed E-state index contributed by atoms with van der Waals surface area (Å²) in [7, 11) is 1.69. The molecule has 0 fully saturated rings. The van der Waals surface area contributed by atoms with Gasteiger partial charge < -0.3 is 10.1 Å². The van der Waals surface area contributed by atoms with Crippen LogP contribution in [0.25, 0.3) is 0 Å². The lowest BCUT2D eigenvalue weighted by molar-refractivity contribution is 0.414. The van der Waals surface area contributed by atoms with Crippen LogP contribution >= 0.6 is 0 Å². The molecule has 0 aromatic heterocycles. The Balaban J connectivity index is 2.02. The van der Waals surface area contributed by atoms with Gasteiger partial charge in [-0.05, 0) is 37.1 Å². The third kappa shape index (κ3) is 3.58. The summed E-state index contributed by atoms with van der Waals surface area (Å²) >= 11 is 0. The highest BCUT2D eigenvalue weighted by Gasteiger charge is 2.10. The fraction of sp³-hybridized carbons (Fsp3) is 0.294. The molecule has 0 radical (unpaired) electrons. The minimum Gasteiger partial charge on any atom is -0.497 e. The molecule has 0 bridgehead atoms. The van der Waals surface area contributed by atoms with Crippen LogP contribution in [0.3, 0.4) is 0 Å². The van der Waals surface area contributed by atoms with Crippen LogP contribution in [0.5, 0.6) is 5.75 Å². The van der Waals surface area contributed by atoms with Crippen LogP contribution in [0.4, 0.5) is 0 Å². The smallest absolute Gasteiger partial charge is 0.118 e. The molecule has 2 aromatic rings. The second-order valence-corrected chi connectivity index (χ2v) is 4.79. The van der Waals surface area contributed by atoms with Gasteiger partial charge in [0.25, 0.3) is 0 Å². The minimum atomic E-state index is 0.307. The molecule has 0 aliphatic heterocycles. The Bertz CT molecular complexity index is 492. The van der Waals surface area contributed by atoms with Gasteiger partial charge in [-0.15, -0.1) is 0 Å². The lowest BCUT2D eigenvalue weighted by Gasteiger charge is -2.21. The maximum atomic E-state index is 5.18. The highest BCUT2D eigenvalue weighted by atomic mass is 16.5. The van der Waals surface area contributed by atoms with Crippen molar-refractivity contribution < 1.29 is 4.74 Å². The van der Waals surface area contributed by atoms with Gasteiger partial charge in [0.1, 0.15) is 5.75 Å². The van der Waals surface area contributed by atoms with Gasteiger partial charge in [-0.25, -0.2) is 0 Å². The molecular weight excluding hydrogens is 234 g/mol. The molecule has 2 rings (SSSR count). The fourth-order valence-corrected chi connectivity index (χ4v) is 2.20. The lowest BCUT2D eigenvalue weighted by atomic mass is 10.0. The standard InChI is InChI=1S/C17H21NO/c1-13(15-7-5-4-6-8-15)18-14(2)16-9-11-17(19-3)12-10-16/h4-14,18H,1-3H3/t13-,14-/m1/s1. The summed E-state index contributed by atoms with van der Waals surface area (Å²) in [5.41, 5.74) is 2.58. The van der Waals surface area contributed by atoms with Crippen LogP contribution in [-0.4, -0.2) is 7.11 Å². The molecule has 2 heteroatoms. The predicted molar refractivity (Wildman–Crippen MR) is 79.4 cm³/mol. The van der Waals surface area contributed by atoms with Crippen LogP contribution in [0.15, 0.2) is 54.6 Å². The molecule has 0 heterocycles. The summed E-state index contributed by atoms with van der Waals surface area (Å²) in [4.78, 5) is 0. The number of ether oxygens (including phenoxy) is 1. The topological polar surface area (TPSA) is 21.3 Å². The van der Waals surface area contributed by atoms with Gasteiger partial charge in [0.15, 0.2) is 0 Å². The van der Waals surface area contributed by atoms with E-state index >= 15 is 0 Å². The summed E-state index contributed by atoms with van der Waals surface area (Å²) in [6.07, 6.45) is 0. The number of benzene rings is 2. The van der Waals surface area contributed by atoms with Gasteiger partial charge >= 0.3 is 0 Å². The second-order valence-electron chi connectivity index (χ2n) is 4.79. The Morgan fingerprint density at radius 1 is 0.789 bits per heavy atom. The Kier molecular flexibility index (Phi) is 4.58. The molecule has 2 nitrogen and oxygen atoms in total. The molecule has 0 saturated carbocycles. The molecule has 1 N–H and O–H groups in total. The average Bonchev–Trinajstić information content (AvgIpc) is 2.48. The Labute approximate surface area is 115 Å². The number of nitrogens with one attached hydrogen (secondary N) is 1. The quantitative estimate of drug-likeness (QED) is 0.868. The van der Waals surface area contributed by atoms with Gasteiger partial charge in [0.05, 0.1) is 7.11 Å². The van der Waals surface area contributed by atoms with E-state index in [1.807, 2.05) is 18.2 Å².